The number of aromatic nitrogens is 1. The molecule has 1 atom stereocenters. The van der Waals surface area contributed by atoms with Crippen molar-refractivity contribution < 1.29 is 0 Å². The van der Waals surface area contributed by atoms with Crippen molar-refractivity contribution in [2.24, 2.45) is 0 Å². The predicted molar refractivity (Wildman–Crippen MR) is 260 cm³/mol. The number of fused-ring (bicyclic) bond motifs is 12. The predicted octanol–water partition coefficient (Wildman–Crippen LogP) is 16.5. The third kappa shape index (κ3) is 6.46. The van der Waals surface area contributed by atoms with Gasteiger partial charge in [0.15, 0.2) is 0 Å². The van der Waals surface area contributed by atoms with E-state index in [-0.39, 0.29) is 0 Å². The van der Waals surface area contributed by atoms with E-state index in [0.717, 1.165) is 24.1 Å². The minimum absolute atomic E-state index is 0.358. The van der Waals surface area contributed by atoms with E-state index in [2.05, 4.69) is 195 Å². The molecule has 294 valence electrons. The maximum absolute atomic E-state index is 5.34. The summed E-state index contributed by atoms with van der Waals surface area (Å²) < 4.78 is 0. The highest BCUT2D eigenvalue weighted by atomic mass is 14.7. The molecule has 1 heterocycles. The van der Waals surface area contributed by atoms with E-state index < -0.39 is 5.41 Å². The number of hydrogen-bond acceptors (Lipinski definition) is 1. The fraction of sp³-hybridized carbons (Fsp3) is 0.136. The lowest BCUT2D eigenvalue weighted by Gasteiger charge is -2.32. The summed E-state index contributed by atoms with van der Waals surface area (Å²) in [6.07, 6.45) is 16.9. The molecule has 1 unspecified atom stereocenters. The van der Waals surface area contributed by atoms with Crippen molar-refractivity contribution in [2.45, 2.75) is 51.9 Å². The Morgan fingerprint density at radius 2 is 1.00 bits per heavy atom. The van der Waals surface area contributed by atoms with Crippen LogP contribution in [0, 0.1) is 0 Å². The average Bonchev–Trinajstić information content (AvgIpc) is 3.60. The van der Waals surface area contributed by atoms with Crippen molar-refractivity contribution in [2.75, 3.05) is 0 Å². The Kier molecular flexibility index (Phi) is 11.7. The van der Waals surface area contributed by atoms with Gasteiger partial charge in [-0.3, -0.25) is 4.98 Å². The molecule has 0 bridgehead atoms. The number of nitrogens with zero attached hydrogens (tertiary/aromatic N) is 1. The quantitative estimate of drug-likeness (QED) is 0.129. The first kappa shape index (κ1) is 40.0. The van der Waals surface area contributed by atoms with Crippen LogP contribution in [0.1, 0.15) is 74.3 Å². The summed E-state index contributed by atoms with van der Waals surface area (Å²) in [6.45, 7) is 14.5. The van der Waals surface area contributed by atoms with Crippen LogP contribution < -0.4 is 0 Å². The standard InChI is InChI=1S/C51H35N.2C3H6.C2H6/c1-2-4-17-33(16-3-1)48-39-21-5-7-23-41(39)49(42-24-8-6-22-40(42)48)47-31-30-34(32-52-47)35-25-15-26-43-38-20-11-14-29-46(38)51(50(35)43)44-27-12-9-18-36(44)37-19-10-13-28-45(37)51;2*1-3-2;1-2/h1-3,5-16,18-33H,4,17H2;2*3H,1H2,2H3;1-2H3. The maximum atomic E-state index is 5.34. The lowest BCUT2D eigenvalue weighted by molar-refractivity contribution is 0.766. The minimum Gasteiger partial charge on any atom is -0.256 e. The van der Waals surface area contributed by atoms with Crippen LogP contribution in [0.3, 0.4) is 0 Å². The molecule has 0 N–H and O–H groups in total. The molecule has 0 radical (unpaired) electrons. The third-order valence-corrected chi connectivity index (χ3v) is 11.9. The molecule has 1 nitrogen and oxygen atoms in total. The number of pyridine rings is 1. The summed E-state index contributed by atoms with van der Waals surface area (Å²) in [6, 6.07) is 56.4. The first-order chi connectivity index (χ1) is 29.7. The molecule has 0 aliphatic heterocycles. The highest BCUT2D eigenvalue weighted by molar-refractivity contribution is 6.15. The van der Waals surface area contributed by atoms with Gasteiger partial charge >= 0.3 is 0 Å². The highest BCUT2D eigenvalue weighted by Gasteiger charge is 2.52. The van der Waals surface area contributed by atoms with Gasteiger partial charge in [0.25, 0.3) is 0 Å². The smallest absolute Gasteiger partial charge is 0.0731 e. The molecule has 11 rings (SSSR count). The van der Waals surface area contributed by atoms with Crippen molar-refractivity contribution in [1.82, 2.24) is 4.98 Å². The van der Waals surface area contributed by atoms with Crippen LogP contribution in [0.15, 0.2) is 207 Å². The van der Waals surface area contributed by atoms with Crippen LogP contribution in [0.25, 0.3) is 66.2 Å². The molecule has 8 aromatic rings. The van der Waals surface area contributed by atoms with Gasteiger partial charge in [-0.05, 0) is 110 Å². The molecule has 1 spiro atoms. The molecule has 3 aliphatic carbocycles. The van der Waals surface area contributed by atoms with Gasteiger partial charge in [0.1, 0.15) is 0 Å². The van der Waals surface area contributed by atoms with Crippen molar-refractivity contribution in [3.63, 3.8) is 0 Å². The zero-order chi connectivity index (χ0) is 41.6. The summed E-state index contributed by atoms with van der Waals surface area (Å²) in [5.74, 6) is 0.358. The Labute approximate surface area is 356 Å². The molecule has 0 amide bonds. The maximum Gasteiger partial charge on any atom is 0.0731 e. The molecule has 7 aromatic carbocycles. The van der Waals surface area contributed by atoms with E-state index in [4.69, 9.17) is 4.98 Å². The van der Waals surface area contributed by atoms with Gasteiger partial charge < -0.3 is 0 Å². The van der Waals surface area contributed by atoms with E-state index in [1.165, 1.54) is 82.7 Å². The summed E-state index contributed by atoms with van der Waals surface area (Å²) in [4.78, 5) is 5.34. The number of rotatable bonds is 3. The van der Waals surface area contributed by atoms with Crippen LogP contribution in [-0.4, -0.2) is 4.98 Å². The van der Waals surface area contributed by atoms with Crippen molar-refractivity contribution >= 4 is 21.5 Å². The largest absolute Gasteiger partial charge is 0.256 e. The molecule has 0 saturated heterocycles. The van der Waals surface area contributed by atoms with Crippen molar-refractivity contribution in [3.8, 4) is 44.6 Å². The van der Waals surface area contributed by atoms with Crippen LogP contribution in [0.2, 0.25) is 0 Å². The van der Waals surface area contributed by atoms with E-state index in [1.807, 2.05) is 27.7 Å². The Morgan fingerprint density at radius 3 is 1.53 bits per heavy atom. The van der Waals surface area contributed by atoms with Gasteiger partial charge in [-0.2, -0.15) is 0 Å². The second-order valence-electron chi connectivity index (χ2n) is 15.2. The third-order valence-electron chi connectivity index (χ3n) is 11.9. The fourth-order valence-electron chi connectivity index (χ4n) is 9.92. The van der Waals surface area contributed by atoms with Gasteiger partial charge in [-0.15, -0.1) is 13.2 Å². The second-order valence-corrected chi connectivity index (χ2v) is 15.2. The fourth-order valence-corrected chi connectivity index (χ4v) is 9.92. The summed E-state index contributed by atoms with van der Waals surface area (Å²) in [5.41, 5.74) is 16.3. The molecule has 1 aromatic heterocycles. The Hall–Kier alpha value is -6.83. The minimum atomic E-state index is -0.404. The summed E-state index contributed by atoms with van der Waals surface area (Å²) >= 11 is 0. The molecule has 3 aliphatic rings. The van der Waals surface area contributed by atoms with Crippen LogP contribution >= 0.6 is 0 Å². The van der Waals surface area contributed by atoms with Gasteiger partial charge in [0.05, 0.1) is 11.1 Å². The lowest BCUT2D eigenvalue weighted by Crippen LogP contribution is -2.26. The van der Waals surface area contributed by atoms with E-state index in [9.17, 15) is 0 Å². The van der Waals surface area contributed by atoms with Crippen LogP contribution in [-0.2, 0) is 5.41 Å². The molecular formula is C59H53N. The monoisotopic (exact) mass is 775 g/mol. The van der Waals surface area contributed by atoms with Crippen molar-refractivity contribution in [3.05, 3.63) is 235 Å². The molecule has 60 heavy (non-hydrogen) atoms. The topological polar surface area (TPSA) is 12.9 Å². The summed E-state index contributed by atoms with van der Waals surface area (Å²) in [5, 5.41) is 5.16. The van der Waals surface area contributed by atoms with E-state index in [1.54, 1.807) is 12.2 Å². The number of benzene rings is 7. The highest BCUT2D eigenvalue weighted by Crippen LogP contribution is 2.64. The van der Waals surface area contributed by atoms with E-state index in [0.29, 0.717) is 5.92 Å². The van der Waals surface area contributed by atoms with Gasteiger partial charge in [-0.1, -0.05) is 196 Å². The van der Waals surface area contributed by atoms with Gasteiger partial charge in [0.2, 0.25) is 0 Å². The molecule has 1 heteroatoms. The Bertz CT molecular complexity index is 2780. The Balaban J connectivity index is 0.000000583. The first-order valence-corrected chi connectivity index (χ1v) is 21.5. The Morgan fingerprint density at radius 1 is 0.533 bits per heavy atom. The average molecular weight is 776 g/mol. The molecular weight excluding hydrogens is 723 g/mol. The zero-order valence-corrected chi connectivity index (χ0v) is 35.3. The van der Waals surface area contributed by atoms with Crippen molar-refractivity contribution in [1.29, 1.82) is 0 Å². The SMILES string of the molecule is C1=CCCC(c2c3ccccc3c(-c3ccc(-c4cccc5c4C4(c6ccccc6-c6ccccc64)c4ccccc4-5)cn3)c3ccccc23)C=C1.C=CC.C=CC.CC. The van der Waals surface area contributed by atoms with Crippen LogP contribution in [0.5, 0.6) is 0 Å². The summed E-state index contributed by atoms with van der Waals surface area (Å²) in [7, 11) is 0. The van der Waals surface area contributed by atoms with Gasteiger partial charge in [-0.25, -0.2) is 0 Å². The van der Waals surface area contributed by atoms with Crippen LogP contribution in [0.4, 0.5) is 0 Å². The molecule has 0 saturated carbocycles. The zero-order valence-electron chi connectivity index (χ0n) is 35.3. The lowest BCUT2D eigenvalue weighted by atomic mass is 9.69. The van der Waals surface area contributed by atoms with E-state index >= 15 is 0 Å². The number of hydrogen-bond donors (Lipinski definition) is 0. The van der Waals surface area contributed by atoms with Gasteiger partial charge in [0, 0.05) is 23.2 Å². The second kappa shape index (κ2) is 17.6. The molecule has 0 fully saturated rings. The normalized spacial score (nSPS) is 14.5. The number of allylic oxidation sites excluding steroid dienone is 6. The first-order valence-electron chi connectivity index (χ1n) is 21.5.